The fraction of sp³-hybridized carbons (Fsp3) is 0.467. The molecule has 0 aliphatic carbocycles. The Labute approximate surface area is 97.9 Å². The number of benzene rings is 1. The zero-order valence-corrected chi connectivity index (χ0v) is 10.5. The molecule has 0 bridgehead atoms. The second-order valence-electron chi connectivity index (χ2n) is 4.68. The third-order valence-corrected chi connectivity index (χ3v) is 3.49. The first kappa shape index (κ1) is 11.3. The number of aromatic nitrogens is 1. The smallest absolute Gasteiger partial charge is 0.0456 e. The molecule has 1 N–H and O–H groups in total. The quantitative estimate of drug-likeness (QED) is 0.765. The van der Waals surface area contributed by atoms with Crippen molar-refractivity contribution < 1.29 is 0 Å². The molecule has 0 fully saturated rings. The number of rotatable bonds is 4. The highest BCUT2D eigenvalue weighted by atomic mass is 14.7. The van der Waals surface area contributed by atoms with E-state index in [1.807, 2.05) is 0 Å². The minimum absolute atomic E-state index is 0.661. The highest BCUT2D eigenvalue weighted by Gasteiger charge is 2.07. The van der Waals surface area contributed by atoms with Gasteiger partial charge in [0.25, 0.3) is 0 Å². The maximum absolute atomic E-state index is 3.36. The van der Waals surface area contributed by atoms with E-state index >= 15 is 0 Å². The van der Waals surface area contributed by atoms with Crippen molar-refractivity contribution in [3.63, 3.8) is 0 Å². The molecule has 0 aliphatic rings. The van der Waals surface area contributed by atoms with Crippen LogP contribution in [0.5, 0.6) is 0 Å². The summed E-state index contributed by atoms with van der Waals surface area (Å²) in [5.74, 6) is 0.661. The number of nitrogens with one attached hydrogen (secondary N) is 1. The molecule has 2 aromatic rings. The molecule has 1 nitrogen and oxygen atoms in total. The number of aryl methyl sites for hydroxylation is 1. The summed E-state index contributed by atoms with van der Waals surface area (Å²) < 4.78 is 0. The van der Waals surface area contributed by atoms with Crippen molar-refractivity contribution in [3.8, 4) is 0 Å². The molecule has 1 aromatic heterocycles. The molecule has 16 heavy (non-hydrogen) atoms. The van der Waals surface area contributed by atoms with Crippen LogP contribution in [0.1, 0.15) is 50.7 Å². The van der Waals surface area contributed by atoms with Gasteiger partial charge >= 0.3 is 0 Å². The SMILES string of the molecule is CCCc1c[nH]c2ccc(C(C)CC)cc12. The van der Waals surface area contributed by atoms with Crippen molar-refractivity contribution in [2.45, 2.75) is 46.0 Å². The summed E-state index contributed by atoms with van der Waals surface area (Å²) in [4.78, 5) is 3.36. The second-order valence-corrected chi connectivity index (χ2v) is 4.68. The van der Waals surface area contributed by atoms with E-state index in [0.29, 0.717) is 5.92 Å². The Bertz CT molecular complexity index is 467. The lowest BCUT2D eigenvalue weighted by Crippen LogP contribution is -1.91. The Balaban J connectivity index is 2.45. The van der Waals surface area contributed by atoms with Crippen LogP contribution >= 0.6 is 0 Å². The van der Waals surface area contributed by atoms with E-state index in [2.05, 4.69) is 50.2 Å². The van der Waals surface area contributed by atoms with Gasteiger partial charge in [-0.25, -0.2) is 0 Å². The average Bonchev–Trinajstić information content (AvgIpc) is 2.71. The lowest BCUT2D eigenvalue weighted by molar-refractivity contribution is 0.734. The molecule has 0 saturated carbocycles. The zero-order chi connectivity index (χ0) is 11.5. The summed E-state index contributed by atoms with van der Waals surface area (Å²) in [6, 6.07) is 6.84. The van der Waals surface area contributed by atoms with Crippen LogP contribution in [0, 0.1) is 0 Å². The minimum atomic E-state index is 0.661. The lowest BCUT2D eigenvalue weighted by atomic mass is 9.96. The summed E-state index contributed by atoms with van der Waals surface area (Å²) in [5.41, 5.74) is 4.20. The summed E-state index contributed by atoms with van der Waals surface area (Å²) in [6.07, 6.45) is 5.75. The van der Waals surface area contributed by atoms with E-state index in [9.17, 15) is 0 Å². The highest BCUT2D eigenvalue weighted by Crippen LogP contribution is 2.26. The summed E-state index contributed by atoms with van der Waals surface area (Å²) in [5, 5.41) is 1.42. The van der Waals surface area contributed by atoms with E-state index in [1.54, 1.807) is 0 Å². The number of aromatic amines is 1. The Morgan fingerprint density at radius 2 is 2.06 bits per heavy atom. The minimum Gasteiger partial charge on any atom is -0.361 e. The van der Waals surface area contributed by atoms with Crippen LogP contribution in [0.3, 0.4) is 0 Å². The van der Waals surface area contributed by atoms with Gasteiger partial charge < -0.3 is 4.98 Å². The fourth-order valence-corrected chi connectivity index (χ4v) is 2.21. The molecule has 0 spiro atoms. The summed E-state index contributed by atoms with van der Waals surface area (Å²) in [6.45, 7) is 6.78. The van der Waals surface area contributed by atoms with Crippen molar-refractivity contribution in [2.75, 3.05) is 0 Å². The number of H-pyrrole nitrogens is 1. The van der Waals surface area contributed by atoms with E-state index in [4.69, 9.17) is 0 Å². The Hall–Kier alpha value is -1.24. The first-order valence-electron chi connectivity index (χ1n) is 6.36. The molecule has 1 heterocycles. The van der Waals surface area contributed by atoms with Crippen molar-refractivity contribution in [1.29, 1.82) is 0 Å². The molecule has 0 aliphatic heterocycles. The van der Waals surface area contributed by atoms with Crippen LogP contribution in [-0.2, 0) is 6.42 Å². The summed E-state index contributed by atoms with van der Waals surface area (Å²) in [7, 11) is 0. The van der Waals surface area contributed by atoms with Crippen LogP contribution in [0.25, 0.3) is 10.9 Å². The van der Waals surface area contributed by atoms with Crippen LogP contribution in [0.15, 0.2) is 24.4 Å². The first-order chi connectivity index (χ1) is 7.76. The molecular formula is C15H21N. The van der Waals surface area contributed by atoms with Crippen LogP contribution < -0.4 is 0 Å². The third-order valence-electron chi connectivity index (χ3n) is 3.49. The van der Waals surface area contributed by atoms with Crippen molar-refractivity contribution in [3.05, 3.63) is 35.5 Å². The van der Waals surface area contributed by atoms with Crippen LogP contribution in [0.4, 0.5) is 0 Å². The first-order valence-corrected chi connectivity index (χ1v) is 6.36. The van der Waals surface area contributed by atoms with E-state index in [0.717, 1.165) is 0 Å². The normalized spacial score (nSPS) is 13.2. The monoisotopic (exact) mass is 215 g/mol. The Kier molecular flexibility index (Phi) is 3.33. The number of hydrogen-bond acceptors (Lipinski definition) is 0. The molecule has 0 amide bonds. The Morgan fingerprint density at radius 1 is 1.25 bits per heavy atom. The predicted octanol–water partition coefficient (Wildman–Crippen LogP) is 4.63. The van der Waals surface area contributed by atoms with Gasteiger partial charge in [0.15, 0.2) is 0 Å². The largest absolute Gasteiger partial charge is 0.361 e. The van der Waals surface area contributed by atoms with Crippen molar-refractivity contribution >= 4 is 10.9 Å². The van der Waals surface area contributed by atoms with Crippen molar-refractivity contribution in [2.24, 2.45) is 0 Å². The van der Waals surface area contributed by atoms with Gasteiger partial charge in [-0.3, -0.25) is 0 Å². The maximum atomic E-state index is 3.36. The molecule has 1 heteroatoms. The molecule has 1 aromatic carbocycles. The van der Waals surface area contributed by atoms with Gasteiger partial charge in [0.2, 0.25) is 0 Å². The van der Waals surface area contributed by atoms with E-state index in [-0.39, 0.29) is 0 Å². The Morgan fingerprint density at radius 3 is 2.75 bits per heavy atom. The van der Waals surface area contributed by atoms with Crippen LogP contribution in [-0.4, -0.2) is 4.98 Å². The molecule has 0 radical (unpaired) electrons. The van der Waals surface area contributed by atoms with Gasteiger partial charge in [0.1, 0.15) is 0 Å². The summed E-state index contributed by atoms with van der Waals surface area (Å²) >= 11 is 0. The van der Waals surface area contributed by atoms with Gasteiger partial charge in [0, 0.05) is 17.1 Å². The zero-order valence-electron chi connectivity index (χ0n) is 10.5. The topological polar surface area (TPSA) is 15.8 Å². The molecule has 2 rings (SSSR count). The highest BCUT2D eigenvalue weighted by molar-refractivity contribution is 5.84. The molecule has 0 saturated heterocycles. The number of fused-ring (bicyclic) bond motifs is 1. The molecule has 1 atom stereocenters. The van der Waals surface area contributed by atoms with E-state index in [1.165, 1.54) is 41.3 Å². The standard InChI is InChI=1S/C15H21N/c1-4-6-13-10-16-15-8-7-12(9-14(13)15)11(3)5-2/h7-11,16H,4-6H2,1-3H3. The van der Waals surface area contributed by atoms with Crippen LogP contribution in [0.2, 0.25) is 0 Å². The van der Waals surface area contributed by atoms with Crippen molar-refractivity contribution in [1.82, 2.24) is 4.98 Å². The van der Waals surface area contributed by atoms with Gasteiger partial charge in [-0.05, 0) is 42.0 Å². The van der Waals surface area contributed by atoms with Gasteiger partial charge in [-0.1, -0.05) is 33.3 Å². The lowest BCUT2D eigenvalue weighted by Gasteiger charge is -2.09. The third kappa shape index (κ3) is 1.99. The molecule has 86 valence electrons. The van der Waals surface area contributed by atoms with Gasteiger partial charge in [-0.2, -0.15) is 0 Å². The second kappa shape index (κ2) is 4.73. The van der Waals surface area contributed by atoms with Gasteiger partial charge in [0.05, 0.1) is 0 Å². The predicted molar refractivity (Wildman–Crippen MR) is 71.0 cm³/mol. The maximum Gasteiger partial charge on any atom is 0.0456 e. The number of hydrogen-bond donors (Lipinski definition) is 1. The molecule has 1 unspecified atom stereocenters. The molecular weight excluding hydrogens is 194 g/mol. The average molecular weight is 215 g/mol. The van der Waals surface area contributed by atoms with Gasteiger partial charge in [-0.15, -0.1) is 0 Å². The fourth-order valence-electron chi connectivity index (χ4n) is 2.21. The van der Waals surface area contributed by atoms with E-state index < -0.39 is 0 Å².